The molecule has 0 aromatic heterocycles. The van der Waals surface area contributed by atoms with Gasteiger partial charge in [0.2, 0.25) is 0 Å². The number of nitrogens with zero attached hydrogens (tertiary/aromatic N) is 1. The van der Waals surface area contributed by atoms with Crippen molar-refractivity contribution in [3.05, 3.63) is 28.8 Å². The van der Waals surface area contributed by atoms with E-state index < -0.39 is 23.2 Å². The third-order valence-corrected chi connectivity index (χ3v) is 2.16. The molecule has 1 aromatic rings. The minimum atomic E-state index is -1.37. The van der Waals surface area contributed by atoms with E-state index in [-0.39, 0.29) is 11.1 Å². The molecule has 2 N–H and O–H groups in total. The molecule has 1 aromatic carbocycles. The fourth-order valence-electron chi connectivity index (χ4n) is 1.30. The summed E-state index contributed by atoms with van der Waals surface area (Å²) in [6, 6.07) is 1.96. The van der Waals surface area contributed by atoms with E-state index in [1.54, 1.807) is 0 Å². The van der Waals surface area contributed by atoms with E-state index in [9.17, 15) is 19.5 Å². The highest BCUT2D eigenvalue weighted by Gasteiger charge is 2.19. The Hall–Kier alpha value is -2.37. The molecule has 6 heteroatoms. The first kappa shape index (κ1) is 12.7. The van der Waals surface area contributed by atoms with Crippen molar-refractivity contribution in [1.29, 1.82) is 0 Å². The average molecular weight is 237 g/mol. The lowest BCUT2D eigenvalue weighted by Crippen LogP contribution is -2.23. The highest BCUT2D eigenvalue weighted by molar-refractivity contribution is 6.04. The van der Waals surface area contributed by atoms with Crippen LogP contribution in [0.4, 0.5) is 0 Å². The molecule has 1 amide bonds. The van der Waals surface area contributed by atoms with Crippen LogP contribution in [-0.2, 0) is 0 Å². The van der Waals surface area contributed by atoms with E-state index in [4.69, 9.17) is 5.11 Å². The molecule has 17 heavy (non-hydrogen) atoms. The fraction of sp³-hybridized carbons (Fsp3) is 0.182. The molecular formula is C11H11NO5. The van der Waals surface area contributed by atoms with Crippen LogP contribution in [0, 0.1) is 0 Å². The van der Waals surface area contributed by atoms with Gasteiger partial charge in [0, 0.05) is 19.7 Å². The van der Waals surface area contributed by atoms with Gasteiger partial charge in [-0.25, -0.2) is 4.79 Å². The number of aromatic hydroxyl groups is 1. The minimum absolute atomic E-state index is 0.0347. The fourth-order valence-corrected chi connectivity index (χ4v) is 1.30. The summed E-state index contributed by atoms with van der Waals surface area (Å²) in [6.07, 6.45) is 0.378. The Balaban J connectivity index is 3.43. The quantitative estimate of drug-likeness (QED) is 0.751. The largest absolute Gasteiger partial charge is 0.507 e. The summed E-state index contributed by atoms with van der Waals surface area (Å²) < 4.78 is 0. The molecule has 0 saturated heterocycles. The molecule has 0 bridgehead atoms. The van der Waals surface area contributed by atoms with Gasteiger partial charge in [-0.3, -0.25) is 9.59 Å². The Morgan fingerprint density at radius 1 is 1.24 bits per heavy atom. The van der Waals surface area contributed by atoms with Crippen LogP contribution in [0.25, 0.3) is 0 Å². The van der Waals surface area contributed by atoms with Crippen LogP contribution in [0.2, 0.25) is 0 Å². The van der Waals surface area contributed by atoms with Crippen molar-refractivity contribution >= 4 is 18.2 Å². The van der Waals surface area contributed by atoms with Crippen molar-refractivity contribution in [2.45, 2.75) is 0 Å². The molecule has 90 valence electrons. The minimum Gasteiger partial charge on any atom is -0.507 e. The number of benzene rings is 1. The molecule has 0 atom stereocenters. The number of amides is 1. The number of carboxylic acid groups (broad SMARTS) is 1. The molecule has 0 fully saturated rings. The number of carboxylic acids is 1. The normalized spacial score (nSPS) is 9.76. The molecular weight excluding hydrogens is 226 g/mol. The lowest BCUT2D eigenvalue weighted by Gasteiger charge is -2.13. The Morgan fingerprint density at radius 2 is 1.82 bits per heavy atom. The smallest absolute Gasteiger partial charge is 0.339 e. The predicted octanol–water partition coefficient (Wildman–Crippen LogP) is 0.605. The van der Waals surface area contributed by atoms with E-state index >= 15 is 0 Å². The van der Waals surface area contributed by atoms with Gasteiger partial charge in [-0.15, -0.1) is 0 Å². The van der Waals surface area contributed by atoms with Crippen molar-refractivity contribution in [2.75, 3.05) is 14.1 Å². The van der Waals surface area contributed by atoms with E-state index in [1.807, 2.05) is 0 Å². The number of aromatic carboxylic acids is 1. The second-order valence-electron chi connectivity index (χ2n) is 3.58. The lowest BCUT2D eigenvalue weighted by atomic mass is 10.0. The summed E-state index contributed by atoms with van der Waals surface area (Å²) in [5, 5.41) is 18.2. The predicted molar refractivity (Wildman–Crippen MR) is 58.5 cm³/mol. The summed E-state index contributed by atoms with van der Waals surface area (Å²) in [7, 11) is 2.97. The van der Waals surface area contributed by atoms with Crippen molar-refractivity contribution < 1.29 is 24.6 Å². The third-order valence-electron chi connectivity index (χ3n) is 2.16. The molecule has 1 rings (SSSR count). The van der Waals surface area contributed by atoms with Crippen LogP contribution in [-0.4, -0.2) is 47.4 Å². The Morgan fingerprint density at radius 3 is 2.24 bits per heavy atom. The molecule has 0 aliphatic rings. The summed E-state index contributed by atoms with van der Waals surface area (Å²) >= 11 is 0. The number of aldehydes is 1. The van der Waals surface area contributed by atoms with Crippen LogP contribution in [0.5, 0.6) is 5.75 Å². The van der Waals surface area contributed by atoms with Gasteiger partial charge in [0.15, 0.2) is 6.29 Å². The third kappa shape index (κ3) is 2.41. The van der Waals surface area contributed by atoms with Gasteiger partial charge in [0.05, 0.1) is 5.56 Å². The van der Waals surface area contributed by atoms with Crippen molar-refractivity contribution in [2.24, 2.45) is 0 Å². The van der Waals surface area contributed by atoms with Crippen LogP contribution < -0.4 is 0 Å². The second kappa shape index (κ2) is 4.65. The Labute approximate surface area is 97.1 Å². The summed E-state index contributed by atoms with van der Waals surface area (Å²) in [6.45, 7) is 0. The Bertz CT molecular complexity index is 493. The van der Waals surface area contributed by atoms with Crippen LogP contribution in [0.3, 0.4) is 0 Å². The summed E-state index contributed by atoms with van der Waals surface area (Å²) in [4.78, 5) is 34.4. The van der Waals surface area contributed by atoms with Gasteiger partial charge in [0.1, 0.15) is 11.3 Å². The molecule has 0 aliphatic heterocycles. The van der Waals surface area contributed by atoms with Gasteiger partial charge < -0.3 is 15.1 Å². The first-order valence-corrected chi connectivity index (χ1v) is 4.65. The van der Waals surface area contributed by atoms with Gasteiger partial charge in [-0.2, -0.15) is 0 Å². The summed E-state index contributed by atoms with van der Waals surface area (Å²) in [5.41, 5.74) is -0.520. The monoisotopic (exact) mass is 237 g/mol. The standard InChI is InChI=1S/C11H11NO5/c1-12(2)10(15)7-4-9(14)8(11(16)17)3-6(7)5-13/h3-5,14H,1-2H3,(H,16,17). The zero-order valence-electron chi connectivity index (χ0n) is 9.30. The zero-order valence-corrected chi connectivity index (χ0v) is 9.30. The number of carbonyl (C=O) groups is 3. The molecule has 0 spiro atoms. The molecule has 0 unspecified atom stereocenters. The number of hydrogen-bond donors (Lipinski definition) is 2. The van der Waals surface area contributed by atoms with E-state index in [0.717, 1.165) is 12.1 Å². The van der Waals surface area contributed by atoms with Crippen molar-refractivity contribution in [3.8, 4) is 5.75 Å². The number of rotatable bonds is 3. The maximum absolute atomic E-state index is 11.7. The molecule has 0 radical (unpaired) electrons. The molecule has 0 heterocycles. The van der Waals surface area contributed by atoms with Crippen LogP contribution >= 0.6 is 0 Å². The van der Waals surface area contributed by atoms with Gasteiger partial charge in [0.25, 0.3) is 5.91 Å². The van der Waals surface area contributed by atoms with Crippen molar-refractivity contribution in [1.82, 2.24) is 4.90 Å². The maximum Gasteiger partial charge on any atom is 0.339 e. The highest BCUT2D eigenvalue weighted by atomic mass is 16.4. The number of hydrogen-bond acceptors (Lipinski definition) is 4. The maximum atomic E-state index is 11.7. The average Bonchev–Trinajstić information content (AvgIpc) is 2.27. The van der Waals surface area contributed by atoms with Crippen LogP contribution in [0.1, 0.15) is 31.1 Å². The SMILES string of the molecule is CN(C)C(=O)c1cc(O)c(C(=O)O)cc1C=O. The lowest BCUT2D eigenvalue weighted by molar-refractivity contribution is 0.0692. The molecule has 6 nitrogen and oxygen atoms in total. The van der Waals surface area contributed by atoms with Gasteiger partial charge >= 0.3 is 5.97 Å². The summed E-state index contributed by atoms with van der Waals surface area (Å²) in [5.74, 6) is -2.40. The first-order chi connectivity index (χ1) is 7.88. The Kier molecular flexibility index (Phi) is 3.47. The number of phenols is 1. The van der Waals surface area contributed by atoms with Gasteiger partial charge in [-0.1, -0.05) is 0 Å². The second-order valence-corrected chi connectivity index (χ2v) is 3.58. The zero-order chi connectivity index (χ0) is 13.2. The van der Waals surface area contributed by atoms with Crippen LogP contribution in [0.15, 0.2) is 12.1 Å². The molecule has 0 saturated carbocycles. The van der Waals surface area contributed by atoms with E-state index in [2.05, 4.69) is 0 Å². The first-order valence-electron chi connectivity index (χ1n) is 4.65. The topological polar surface area (TPSA) is 94.9 Å². The highest BCUT2D eigenvalue weighted by Crippen LogP contribution is 2.22. The molecule has 0 aliphatic carbocycles. The van der Waals surface area contributed by atoms with Gasteiger partial charge in [-0.05, 0) is 12.1 Å². The van der Waals surface area contributed by atoms with E-state index in [0.29, 0.717) is 6.29 Å². The van der Waals surface area contributed by atoms with E-state index in [1.165, 1.54) is 19.0 Å². The van der Waals surface area contributed by atoms with Crippen molar-refractivity contribution in [3.63, 3.8) is 0 Å². The number of carbonyl (C=O) groups excluding carboxylic acids is 2.